The summed E-state index contributed by atoms with van der Waals surface area (Å²) in [5.41, 5.74) is 2.64. The summed E-state index contributed by atoms with van der Waals surface area (Å²) in [6, 6.07) is 10.3. The summed E-state index contributed by atoms with van der Waals surface area (Å²) >= 11 is 6.36. The van der Waals surface area contributed by atoms with E-state index >= 15 is 0 Å². The number of para-hydroxylation sites is 1. The molecule has 23 heavy (non-hydrogen) atoms. The maximum absolute atomic E-state index is 13.0. The van der Waals surface area contributed by atoms with Crippen molar-refractivity contribution in [2.24, 2.45) is 0 Å². The first kappa shape index (κ1) is 14.3. The van der Waals surface area contributed by atoms with E-state index in [-0.39, 0.29) is 29.0 Å². The molecule has 0 aromatic heterocycles. The molecule has 4 nitrogen and oxygen atoms in total. The van der Waals surface area contributed by atoms with Crippen LogP contribution in [0.25, 0.3) is 0 Å². The molecule has 4 rings (SSSR count). The van der Waals surface area contributed by atoms with Gasteiger partial charge in [-0.1, -0.05) is 48.9 Å². The van der Waals surface area contributed by atoms with Gasteiger partial charge >= 0.3 is 0 Å². The second-order valence-corrected chi connectivity index (χ2v) is 6.47. The van der Waals surface area contributed by atoms with Gasteiger partial charge in [0, 0.05) is 5.56 Å². The molecule has 116 valence electrons. The molecule has 5 heteroatoms. The fourth-order valence-corrected chi connectivity index (χ4v) is 4.07. The number of halogens is 1. The van der Waals surface area contributed by atoms with Crippen molar-refractivity contribution in [3.05, 3.63) is 63.7 Å². The normalized spacial score (nSPS) is 21.7. The molecule has 2 atom stereocenters. The van der Waals surface area contributed by atoms with Gasteiger partial charge in [0.25, 0.3) is 5.91 Å². The summed E-state index contributed by atoms with van der Waals surface area (Å²) in [6.07, 6.45) is 0.739. The molecular formula is C18H13ClNO3-. The van der Waals surface area contributed by atoms with Crippen LogP contribution in [0.5, 0.6) is 0 Å². The first-order chi connectivity index (χ1) is 11.0. The molecule has 0 saturated heterocycles. The third-order valence-electron chi connectivity index (χ3n) is 4.79. The number of hydrogen-bond acceptors (Lipinski definition) is 3. The van der Waals surface area contributed by atoms with Crippen LogP contribution in [0.15, 0.2) is 36.4 Å². The monoisotopic (exact) mass is 326 g/mol. The molecule has 2 aliphatic heterocycles. The molecule has 1 amide bonds. The van der Waals surface area contributed by atoms with E-state index in [1.54, 1.807) is 17.0 Å². The molecular weight excluding hydrogens is 314 g/mol. The Morgan fingerprint density at radius 1 is 1.22 bits per heavy atom. The number of benzene rings is 2. The summed E-state index contributed by atoms with van der Waals surface area (Å²) in [5, 5.41) is 11.9. The number of aromatic carboxylic acids is 1. The lowest BCUT2D eigenvalue weighted by Crippen LogP contribution is -2.34. The Morgan fingerprint density at radius 3 is 2.65 bits per heavy atom. The van der Waals surface area contributed by atoms with Gasteiger partial charge in [-0.2, -0.15) is 0 Å². The molecule has 2 aromatic carbocycles. The SMILES string of the molecule is C[C@@H]1C[C@@H]2c3cccc(C(=O)[O-])c3C(=O)N2c2c(Cl)cccc21. The third kappa shape index (κ3) is 1.85. The zero-order valence-corrected chi connectivity index (χ0v) is 13.1. The maximum atomic E-state index is 13.0. The van der Waals surface area contributed by atoms with Crippen LogP contribution in [0.3, 0.4) is 0 Å². The number of carbonyl (C=O) groups is 2. The molecule has 0 spiro atoms. The Morgan fingerprint density at radius 2 is 1.91 bits per heavy atom. The van der Waals surface area contributed by atoms with Gasteiger partial charge in [0.1, 0.15) is 0 Å². The second-order valence-electron chi connectivity index (χ2n) is 6.06. The Hall–Kier alpha value is -2.33. The van der Waals surface area contributed by atoms with E-state index in [1.807, 2.05) is 18.2 Å². The highest BCUT2D eigenvalue weighted by molar-refractivity contribution is 6.34. The number of hydrogen-bond donors (Lipinski definition) is 0. The molecule has 0 bridgehead atoms. The average molecular weight is 327 g/mol. The van der Waals surface area contributed by atoms with Gasteiger partial charge in [-0.05, 0) is 29.5 Å². The Kier molecular flexibility index (Phi) is 3.00. The number of anilines is 1. The van der Waals surface area contributed by atoms with Crippen molar-refractivity contribution in [3.8, 4) is 0 Å². The lowest BCUT2D eigenvalue weighted by Gasteiger charge is -2.36. The molecule has 2 aromatic rings. The van der Waals surface area contributed by atoms with E-state index in [1.165, 1.54) is 6.07 Å². The lowest BCUT2D eigenvalue weighted by molar-refractivity contribution is -0.255. The van der Waals surface area contributed by atoms with Crippen molar-refractivity contribution in [2.75, 3.05) is 4.90 Å². The number of amides is 1. The fraction of sp³-hybridized carbons (Fsp3) is 0.222. The molecule has 0 aliphatic carbocycles. The van der Waals surface area contributed by atoms with Crippen molar-refractivity contribution in [1.82, 2.24) is 0 Å². The first-order valence-corrected chi connectivity index (χ1v) is 7.84. The topological polar surface area (TPSA) is 60.4 Å². The van der Waals surface area contributed by atoms with E-state index in [9.17, 15) is 14.7 Å². The fourth-order valence-electron chi connectivity index (χ4n) is 3.79. The average Bonchev–Trinajstić information content (AvgIpc) is 2.81. The zero-order valence-electron chi connectivity index (χ0n) is 12.4. The Balaban J connectivity index is 1.98. The van der Waals surface area contributed by atoms with Crippen LogP contribution in [0.1, 0.15) is 57.1 Å². The number of carboxylic acids is 1. The van der Waals surface area contributed by atoms with Gasteiger partial charge < -0.3 is 9.90 Å². The van der Waals surface area contributed by atoms with Crippen LogP contribution in [0.4, 0.5) is 5.69 Å². The van der Waals surface area contributed by atoms with Crippen molar-refractivity contribution in [3.63, 3.8) is 0 Å². The minimum Gasteiger partial charge on any atom is -0.545 e. The minimum absolute atomic E-state index is 0.0526. The van der Waals surface area contributed by atoms with Crippen LogP contribution in [0.2, 0.25) is 5.02 Å². The van der Waals surface area contributed by atoms with Gasteiger partial charge in [-0.15, -0.1) is 0 Å². The largest absolute Gasteiger partial charge is 0.545 e. The highest BCUT2D eigenvalue weighted by Gasteiger charge is 2.44. The number of nitrogens with zero attached hydrogens (tertiary/aromatic N) is 1. The van der Waals surface area contributed by atoms with E-state index < -0.39 is 5.97 Å². The number of rotatable bonds is 1. The van der Waals surface area contributed by atoms with E-state index in [0.29, 0.717) is 10.7 Å². The molecule has 2 heterocycles. The van der Waals surface area contributed by atoms with Crippen molar-refractivity contribution in [2.45, 2.75) is 25.3 Å². The van der Waals surface area contributed by atoms with Gasteiger partial charge in [-0.3, -0.25) is 9.69 Å². The summed E-state index contributed by atoms with van der Waals surface area (Å²) in [6.45, 7) is 2.09. The molecule has 2 aliphatic rings. The quantitative estimate of drug-likeness (QED) is 0.809. The van der Waals surface area contributed by atoms with Gasteiger partial charge in [0.15, 0.2) is 0 Å². The Bertz CT molecular complexity index is 861. The van der Waals surface area contributed by atoms with E-state index in [0.717, 1.165) is 17.5 Å². The van der Waals surface area contributed by atoms with Crippen LogP contribution >= 0.6 is 11.6 Å². The molecule has 0 unspecified atom stereocenters. The second kappa shape index (κ2) is 4.83. The minimum atomic E-state index is -1.33. The zero-order chi connectivity index (χ0) is 16.3. The van der Waals surface area contributed by atoms with Crippen molar-refractivity contribution >= 4 is 29.2 Å². The lowest BCUT2D eigenvalue weighted by atomic mass is 9.85. The molecule has 0 saturated carbocycles. The van der Waals surface area contributed by atoms with Crippen LogP contribution in [-0.4, -0.2) is 11.9 Å². The smallest absolute Gasteiger partial charge is 0.259 e. The highest BCUT2D eigenvalue weighted by Crippen LogP contribution is 2.52. The highest BCUT2D eigenvalue weighted by atomic mass is 35.5. The summed E-state index contributed by atoms with van der Waals surface area (Å²) < 4.78 is 0. The predicted octanol–water partition coefficient (Wildman–Crippen LogP) is 2.91. The van der Waals surface area contributed by atoms with Gasteiger partial charge in [-0.25, -0.2) is 0 Å². The standard InChI is InChI=1S/C18H14ClNO3/c1-9-8-14-11-5-2-6-12(18(22)23)15(11)17(21)20(14)16-10(9)4-3-7-13(16)19/h2-7,9,14H,8H2,1H3,(H,22,23)/p-1/t9-,14-/m1/s1. The van der Waals surface area contributed by atoms with E-state index in [4.69, 9.17) is 11.6 Å². The summed E-state index contributed by atoms with van der Waals surface area (Å²) in [4.78, 5) is 26.0. The maximum Gasteiger partial charge on any atom is 0.259 e. The van der Waals surface area contributed by atoms with Crippen LogP contribution in [0, 0.1) is 0 Å². The van der Waals surface area contributed by atoms with E-state index in [2.05, 4.69) is 6.92 Å². The predicted molar refractivity (Wildman–Crippen MR) is 84.8 cm³/mol. The van der Waals surface area contributed by atoms with Gasteiger partial charge in [0.2, 0.25) is 0 Å². The molecule has 0 N–H and O–H groups in total. The molecule has 0 fully saturated rings. The summed E-state index contributed by atoms with van der Waals surface area (Å²) in [5.74, 6) is -1.41. The Labute approximate surface area is 138 Å². The van der Waals surface area contributed by atoms with Crippen molar-refractivity contribution < 1.29 is 14.7 Å². The first-order valence-electron chi connectivity index (χ1n) is 7.47. The van der Waals surface area contributed by atoms with Crippen LogP contribution in [-0.2, 0) is 0 Å². The number of carboxylic acid groups (broad SMARTS) is 1. The number of fused-ring (bicyclic) bond motifs is 5. The van der Waals surface area contributed by atoms with Crippen LogP contribution < -0.4 is 10.0 Å². The summed E-state index contributed by atoms with van der Waals surface area (Å²) in [7, 11) is 0. The third-order valence-corrected chi connectivity index (χ3v) is 5.09. The number of carbonyl (C=O) groups excluding carboxylic acids is 2. The van der Waals surface area contributed by atoms with Gasteiger partial charge in [0.05, 0.1) is 28.3 Å². The molecule has 0 radical (unpaired) electrons. The van der Waals surface area contributed by atoms with Crippen molar-refractivity contribution in [1.29, 1.82) is 0 Å².